The molecule has 0 atom stereocenters. The lowest BCUT2D eigenvalue weighted by molar-refractivity contribution is 1.15. The monoisotopic (exact) mass is 436 g/mol. The second kappa shape index (κ2) is 8.68. The van der Waals surface area contributed by atoms with Crippen LogP contribution in [-0.4, -0.2) is 19.9 Å². The van der Waals surface area contributed by atoms with Crippen molar-refractivity contribution in [3.8, 4) is 45.4 Å². The summed E-state index contributed by atoms with van der Waals surface area (Å²) in [6, 6.07) is 40.4. The Balaban J connectivity index is 1.63. The van der Waals surface area contributed by atoms with E-state index >= 15 is 0 Å². The fourth-order valence-corrected chi connectivity index (χ4v) is 4.03. The number of para-hydroxylation sites is 1. The van der Waals surface area contributed by atoms with E-state index in [1.165, 1.54) is 0 Å². The summed E-state index contributed by atoms with van der Waals surface area (Å²) in [7, 11) is 0. The Labute approximate surface area is 197 Å². The molecule has 0 saturated heterocycles. The molecule has 0 spiro atoms. The zero-order chi connectivity index (χ0) is 22.7. The molecule has 0 aliphatic heterocycles. The van der Waals surface area contributed by atoms with Gasteiger partial charge in [-0.1, -0.05) is 109 Å². The topological polar surface area (TPSA) is 51.6 Å². The van der Waals surface area contributed by atoms with Crippen LogP contribution in [0.2, 0.25) is 0 Å². The zero-order valence-electron chi connectivity index (χ0n) is 18.3. The SMILES string of the molecule is c1ccc(-c2cc(-c3nc(-c4ccccc4)nc4ccccc34)nc(-c3ccccc3)n2)cc1. The maximum atomic E-state index is 5.01. The first-order valence-corrected chi connectivity index (χ1v) is 11.2. The fourth-order valence-electron chi connectivity index (χ4n) is 4.03. The predicted molar refractivity (Wildman–Crippen MR) is 137 cm³/mol. The molecule has 6 rings (SSSR count). The van der Waals surface area contributed by atoms with Crippen LogP contribution in [0, 0.1) is 0 Å². The lowest BCUT2D eigenvalue weighted by atomic mass is 10.1. The van der Waals surface area contributed by atoms with Crippen LogP contribution in [0.3, 0.4) is 0 Å². The van der Waals surface area contributed by atoms with Gasteiger partial charge in [-0.15, -0.1) is 0 Å². The minimum Gasteiger partial charge on any atom is -0.228 e. The van der Waals surface area contributed by atoms with Crippen molar-refractivity contribution in [1.82, 2.24) is 19.9 Å². The Morgan fingerprint density at radius 3 is 1.53 bits per heavy atom. The Kier molecular flexibility index (Phi) is 5.09. The van der Waals surface area contributed by atoms with Crippen molar-refractivity contribution < 1.29 is 0 Å². The average molecular weight is 437 g/mol. The van der Waals surface area contributed by atoms with Crippen LogP contribution in [0.5, 0.6) is 0 Å². The number of nitrogens with zero attached hydrogens (tertiary/aromatic N) is 4. The summed E-state index contributed by atoms with van der Waals surface area (Å²) in [6.45, 7) is 0. The number of rotatable bonds is 4. The summed E-state index contributed by atoms with van der Waals surface area (Å²) in [5.74, 6) is 1.34. The summed E-state index contributed by atoms with van der Waals surface area (Å²) in [6.07, 6.45) is 0. The van der Waals surface area contributed by atoms with E-state index in [1.54, 1.807) is 0 Å². The average Bonchev–Trinajstić information content (AvgIpc) is 2.93. The van der Waals surface area contributed by atoms with Crippen molar-refractivity contribution in [2.75, 3.05) is 0 Å². The number of aromatic nitrogens is 4. The van der Waals surface area contributed by atoms with Crippen LogP contribution in [0.25, 0.3) is 56.3 Å². The molecule has 0 aliphatic rings. The van der Waals surface area contributed by atoms with Crippen molar-refractivity contribution in [1.29, 1.82) is 0 Å². The van der Waals surface area contributed by atoms with Gasteiger partial charge in [-0.25, -0.2) is 19.9 Å². The van der Waals surface area contributed by atoms with E-state index < -0.39 is 0 Å². The number of fused-ring (bicyclic) bond motifs is 1. The smallest absolute Gasteiger partial charge is 0.160 e. The maximum Gasteiger partial charge on any atom is 0.160 e. The Hall–Kier alpha value is -4.70. The summed E-state index contributed by atoms with van der Waals surface area (Å²) in [5.41, 5.74) is 6.26. The molecular weight excluding hydrogens is 416 g/mol. The molecule has 6 aromatic rings. The van der Waals surface area contributed by atoms with E-state index in [1.807, 2.05) is 109 Å². The second-order valence-corrected chi connectivity index (χ2v) is 7.97. The normalized spacial score (nSPS) is 10.9. The van der Waals surface area contributed by atoms with E-state index in [9.17, 15) is 0 Å². The fraction of sp³-hybridized carbons (Fsp3) is 0. The van der Waals surface area contributed by atoms with E-state index in [4.69, 9.17) is 19.9 Å². The Bertz CT molecular complexity index is 1520. The van der Waals surface area contributed by atoms with E-state index in [0.717, 1.165) is 44.7 Å². The van der Waals surface area contributed by atoms with Crippen LogP contribution in [-0.2, 0) is 0 Å². The molecule has 4 heteroatoms. The Morgan fingerprint density at radius 2 is 0.882 bits per heavy atom. The molecule has 2 heterocycles. The van der Waals surface area contributed by atoms with Crippen LogP contribution in [0.4, 0.5) is 0 Å². The highest BCUT2D eigenvalue weighted by atomic mass is 14.9. The molecule has 4 aromatic carbocycles. The molecule has 2 aromatic heterocycles. The molecule has 160 valence electrons. The first-order chi connectivity index (χ1) is 16.8. The number of hydrogen-bond acceptors (Lipinski definition) is 4. The second-order valence-electron chi connectivity index (χ2n) is 7.97. The molecule has 0 fully saturated rings. The lowest BCUT2D eigenvalue weighted by Crippen LogP contribution is -2.00. The molecule has 0 aliphatic carbocycles. The van der Waals surface area contributed by atoms with Crippen molar-refractivity contribution in [2.24, 2.45) is 0 Å². The first kappa shape index (κ1) is 19.9. The van der Waals surface area contributed by atoms with Crippen LogP contribution in [0.15, 0.2) is 121 Å². The highest BCUT2D eigenvalue weighted by Crippen LogP contribution is 2.31. The molecule has 0 amide bonds. The molecule has 0 unspecified atom stereocenters. The highest BCUT2D eigenvalue weighted by Gasteiger charge is 2.16. The van der Waals surface area contributed by atoms with Crippen molar-refractivity contribution >= 4 is 10.9 Å². The standard InChI is InChI=1S/C30H20N4/c1-4-12-21(13-5-1)26-20-27(33-29(32-26)22-14-6-2-7-15-22)28-24-18-10-11-19-25(24)31-30(34-28)23-16-8-3-9-17-23/h1-20H. The number of hydrogen-bond donors (Lipinski definition) is 0. The molecule has 0 saturated carbocycles. The molecule has 34 heavy (non-hydrogen) atoms. The van der Waals surface area contributed by atoms with Crippen LogP contribution in [0.1, 0.15) is 0 Å². The van der Waals surface area contributed by atoms with Crippen LogP contribution >= 0.6 is 0 Å². The molecule has 0 radical (unpaired) electrons. The highest BCUT2D eigenvalue weighted by molar-refractivity contribution is 5.93. The van der Waals surface area contributed by atoms with E-state index in [0.29, 0.717) is 11.6 Å². The first-order valence-electron chi connectivity index (χ1n) is 11.2. The predicted octanol–water partition coefficient (Wildman–Crippen LogP) is 7.09. The maximum absolute atomic E-state index is 5.01. The molecular formula is C30H20N4. The molecule has 0 N–H and O–H groups in total. The van der Waals surface area contributed by atoms with Gasteiger partial charge in [0, 0.05) is 22.1 Å². The van der Waals surface area contributed by atoms with Gasteiger partial charge in [-0.3, -0.25) is 0 Å². The van der Waals surface area contributed by atoms with Gasteiger partial charge < -0.3 is 0 Å². The van der Waals surface area contributed by atoms with Gasteiger partial charge in [0.25, 0.3) is 0 Å². The zero-order valence-corrected chi connectivity index (χ0v) is 18.3. The summed E-state index contributed by atoms with van der Waals surface area (Å²) in [4.78, 5) is 19.7. The Morgan fingerprint density at radius 1 is 0.382 bits per heavy atom. The van der Waals surface area contributed by atoms with Crippen molar-refractivity contribution in [3.05, 3.63) is 121 Å². The van der Waals surface area contributed by atoms with Gasteiger partial charge in [0.05, 0.1) is 16.9 Å². The van der Waals surface area contributed by atoms with Crippen molar-refractivity contribution in [3.63, 3.8) is 0 Å². The summed E-state index contributed by atoms with van der Waals surface area (Å²) < 4.78 is 0. The summed E-state index contributed by atoms with van der Waals surface area (Å²) >= 11 is 0. The van der Waals surface area contributed by atoms with Crippen LogP contribution < -0.4 is 0 Å². The van der Waals surface area contributed by atoms with Crippen molar-refractivity contribution in [2.45, 2.75) is 0 Å². The van der Waals surface area contributed by atoms with Gasteiger partial charge >= 0.3 is 0 Å². The van der Waals surface area contributed by atoms with Gasteiger partial charge in [-0.2, -0.15) is 0 Å². The number of benzene rings is 4. The summed E-state index contributed by atoms with van der Waals surface area (Å²) in [5, 5.41) is 0.957. The minimum atomic E-state index is 0.668. The molecule has 0 bridgehead atoms. The van der Waals surface area contributed by atoms with Gasteiger partial charge in [0.1, 0.15) is 5.69 Å². The van der Waals surface area contributed by atoms with Gasteiger partial charge in [-0.05, 0) is 12.1 Å². The molecule has 4 nitrogen and oxygen atoms in total. The third-order valence-electron chi connectivity index (χ3n) is 5.71. The third kappa shape index (κ3) is 3.82. The van der Waals surface area contributed by atoms with Gasteiger partial charge in [0.2, 0.25) is 0 Å². The third-order valence-corrected chi connectivity index (χ3v) is 5.71. The van der Waals surface area contributed by atoms with E-state index in [2.05, 4.69) is 12.1 Å². The quantitative estimate of drug-likeness (QED) is 0.296. The lowest BCUT2D eigenvalue weighted by Gasteiger charge is -2.12. The van der Waals surface area contributed by atoms with Gasteiger partial charge in [0.15, 0.2) is 11.6 Å². The minimum absolute atomic E-state index is 0.668. The largest absolute Gasteiger partial charge is 0.228 e. The van der Waals surface area contributed by atoms with E-state index in [-0.39, 0.29) is 0 Å².